The fourth-order valence-corrected chi connectivity index (χ4v) is 7.62. The van der Waals surface area contributed by atoms with Crippen molar-refractivity contribution >= 4 is 0 Å². The zero-order valence-electron chi connectivity index (χ0n) is 23.0. The van der Waals surface area contributed by atoms with Crippen molar-refractivity contribution in [1.82, 2.24) is 34.7 Å². The van der Waals surface area contributed by atoms with Crippen LogP contribution < -0.4 is 5.32 Å². The Kier molecular flexibility index (Phi) is 9.77. The summed E-state index contributed by atoms with van der Waals surface area (Å²) in [6, 6.07) is 2.46. The molecule has 1 atom stereocenters. The van der Waals surface area contributed by atoms with E-state index in [1.54, 1.807) is 0 Å². The lowest BCUT2D eigenvalue weighted by molar-refractivity contribution is 0.0505. The average molecular weight is 490 g/mol. The second-order valence-electron chi connectivity index (χ2n) is 12.5. The summed E-state index contributed by atoms with van der Waals surface area (Å²) in [6.07, 6.45) is 9.63. The van der Waals surface area contributed by atoms with Gasteiger partial charge in [0.25, 0.3) is 0 Å². The van der Waals surface area contributed by atoms with Crippen LogP contribution in [0.2, 0.25) is 0 Å². The van der Waals surface area contributed by atoms with Gasteiger partial charge in [0, 0.05) is 70.5 Å². The van der Waals surface area contributed by atoms with Crippen LogP contribution in [0.15, 0.2) is 0 Å². The zero-order valence-corrected chi connectivity index (χ0v) is 23.0. The van der Waals surface area contributed by atoms with Gasteiger partial charge >= 0.3 is 0 Å². The molecule has 202 valence electrons. The Morgan fingerprint density at radius 1 is 0.571 bits per heavy atom. The minimum absolute atomic E-state index is 0.748. The third-order valence-corrected chi connectivity index (χ3v) is 10.2. The average Bonchev–Trinajstić information content (AvgIpc) is 3.37. The van der Waals surface area contributed by atoms with Gasteiger partial charge in [-0.15, -0.1) is 0 Å². The summed E-state index contributed by atoms with van der Waals surface area (Å²) in [5, 5.41) is 3.45. The van der Waals surface area contributed by atoms with Crippen molar-refractivity contribution in [2.75, 3.05) is 112 Å². The maximum absolute atomic E-state index is 3.45. The third-order valence-electron chi connectivity index (χ3n) is 10.2. The lowest BCUT2D eigenvalue weighted by Crippen LogP contribution is -2.54. The number of nitrogens with one attached hydrogen (secondary N) is 1. The van der Waals surface area contributed by atoms with Gasteiger partial charge in [-0.1, -0.05) is 0 Å². The molecule has 5 saturated heterocycles. The second kappa shape index (κ2) is 13.0. The van der Waals surface area contributed by atoms with E-state index in [-0.39, 0.29) is 0 Å². The normalized spacial score (nSPS) is 31.5. The quantitative estimate of drug-likeness (QED) is 0.548. The van der Waals surface area contributed by atoms with Crippen LogP contribution in [-0.4, -0.2) is 160 Å². The van der Waals surface area contributed by atoms with E-state index in [0.717, 1.165) is 24.0 Å². The van der Waals surface area contributed by atoms with Crippen molar-refractivity contribution in [3.8, 4) is 0 Å². The molecule has 0 radical (unpaired) electrons. The highest BCUT2D eigenvalue weighted by Crippen LogP contribution is 2.26. The summed E-state index contributed by atoms with van der Waals surface area (Å²) >= 11 is 0. The fraction of sp³-hybridized carbons (Fsp3) is 1.00. The highest BCUT2D eigenvalue weighted by atomic mass is 15.3. The first-order valence-electron chi connectivity index (χ1n) is 15.2. The van der Waals surface area contributed by atoms with Crippen LogP contribution in [0, 0.1) is 5.92 Å². The van der Waals surface area contributed by atoms with E-state index in [0.29, 0.717) is 0 Å². The van der Waals surface area contributed by atoms with Crippen molar-refractivity contribution in [3.63, 3.8) is 0 Å². The van der Waals surface area contributed by atoms with Crippen LogP contribution in [-0.2, 0) is 0 Å². The van der Waals surface area contributed by atoms with Gasteiger partial charge in [-0.25, -0.2) is 0 Å². The number of piperazine rings is 1. The first-order valence-corrected chi connectivity index (χ1v) is 15.2. The van der Waals surface area contributed by atoms with Gasteiger partial charge in [0.2, 0.25) is 0 Å². The first kappa shape index (κ1) is 26.3. The van der Waals surface area contributed by atoms with Crippen molar-refractivity contribution in [1.29, 1.82) is 0 Å². The van der Waals surface area contributed by atoms with Gasteiger partial charge in [0.05, 0.1) is 0 Å². The molecule has 35 heavy (non-hydrogen) atoms. The predicted octanol–water partition coefficient (Wildman–Crippen LogP) is 1.17. The summed E-state index contributed by atoms with van der Waals surface area (Å²) in [6.45, 7) is 19.6. The third kappa shape index (κ3) is 7.40. The monoisotopic (exact) mass is 489 g/mol. The van der Waals surface area contributed by atoms with Crippen molar-refractivity contribution in [2.45, 2.75) is 63.1 Å². The van der Waals surface area contributed by atoms with E-state index in [4.69, 9.17) is 0 Å². The highest BCUT2D eigenvalue weighted by molar-refractivity contribution is 4.88. The van der Waals surface area contributed by atoms with E-state index in [9.17, 15) is 0 Å². The van der Waals surface area contributed by atoms with Gasteiger partial charge in [-0.2, -0.15) is 0 Å². The Balaban J connectivity index is 0.940. The number of nitrogens with zero attached hydrogens (tertiary/aromatic N) is 6. The molecule has 5 heterocycles. The topological polar surface area (TPSA) is 31.5 Å². The van der Waals surface area contributed by atoms with Crippen LogP contribution in [0.5, 0.6) is 0 Å². The summed E-state index contributed by atoms with van der Waals surface area (Å²) in [7, 11) is 4.39. The maximum atomic E-state index is 3.45. The number of hydrogen-bond acceptors (Lipinski definition) is 7. The SMILES string of the molecule is CNC1CCN(CCN2CCN(C3CCN(CC4CCN(C5CCN(C)CC5)C4)CC3)CC2)CC1. The number of piperidine rings is 3. The molecule has 0 aromatic carbocycles. The second-order valence-corrected chi connectivity index (χ2v) is 12.5. The van der Waals surface area contributed by atoms with Gasteiger partial charge in [-0.05, 0) is 111 Å². The minimum Gasteiger partial charge on any atom is -0.317 e. The zero-order chi connectivity index (χ0) is 24.0. The van der Waals surface area contributed by atoms with Crippen molar-refractivity contribution in [2.24, 2.45) is 5.92 Å². The number of rotatable bonds is 8. The van der Waals surface area contributed by atoms with E-state index >= 15 is 0 Å². The van der Waals surface area contributed by atoms with Crippen LogP contribution in [0.3, 0.4) is 0 Å². The lowest BCUT2D eigenvalue weighted by atomic mass is 10.00. The van der Waals surface area contributed by atoms with Gasteiger partial charge in [0.1, 0.15) is 0 Å². The van der Waals surface area contributed by atoms with Crippen LogP contribution >= 0.6 is 0 Å². The van der Waals surface area contributed by atoms with E-state index in [1.165, 1.54) is 143 Å². The molecule has 0 spiro atoms. The van der Waals surface area contributed by atoms with Gasteiger partial charge in [0.15, 0.2) is 0 Å². The largest absolute Gasteiger partial charge is 0.317 e. The molecule has 1 N–H and O–H groups in total. The van der Waals surface area contributed by atoms with Crippen LogP contribution in [0.4, 0.5) is 0 Å². The molecule has 7 heteroatoms. The summed E-state index contributed by atoms with van der Waals surface area (Å²) in [5.41, 5.74) is 0. The smallest absolute Gasteiger partial charge is 0.0121 e. The number of likely N-dealkylation sites (tertiary alicyclic amines) is 4. The molecule has 0 aromatic heterocycles. The van der Waals surface area contributed by atoms with Crippen LogP contribution in [0.1, 0.15) is 44.9 Å². The molecule has 5 rings (SSSR count). The van der Waals surface area contributed by atoms with Crippen LogP contribution in [0.25, 0.3) is 0 Å². The molecule has 1 unspecified atom stereocenters. The van der Waals surface area contributed by atoms with E-state index in [1.807, 2.05) is 0 Å². The molecule has 5 fully saturated rings. The number of hydrogen-bond donors (Lipinski definition) is 1. The molecule has 0 saturated carbocycles. The summed E-state index contributed by atoms with van der Waals surface area (Å²) < 4.78 is 0. The Labute approximate surface area is 216 Å². The van der Waals surface area contributed by atoms with E-state index in [2.05, 4.69) is 48.8 Å². The molecule has 0 amide bonds. The predicted molar refractivity (Wildman–Crippen MR) is 146 cm³/mol. The van der Waals surface area contributed by atoms with Crippen molar-refractivity contribution < 1.29 is 0 Å². The first-order chi connectivity index (χ1) is 17.2. The molecule has 0 aromatic rings. The molecule has 7 nitrogen and oxygen atoms in total. The Bertz CT molecular complexity index is 600. The Morgan fingerprint density at radius 2 is 1.14 bits per heavy atom. The Hall–Kier alpha value is -0.280. The Morgan fingerprint density at radius 3 is 1.80 bits per heavy atom. The van der Waals surface area contributed by atoms with Gasteiger partial charge in [-0.3, -0.25) is 14.7 Å². The lowest BCUT2D eigenvalue weighted by Gasteiger charge is -2.43. The summed E-state index contributed by atoms with van der Waals surface area (Å²) in [4.78, 5) is 16.4. The molecule has 5 aliphatic heterocycles. The van der Waals surface area contributed by atoms with Gasteiger partial charge < -0.3 is 20.0 Å². The maximum Gasteiger partial charge on any atom is 0.0121 e. The molecule has 0 bridgehead atoms. The van der Waals surface area contributed by atoms with Crippen molar-refractivity contribution in [3.05, 3.63) is 0 Å². The highest BCUT2D eigenvalue weighted by Gasteiger charge is 2.33. The fourth-order valence-electron chi connectivity index (χ4n) is 7.62. The molecule has 5 aliphatic rings. The van der Waals surface area contributed by atoms with E-state index < -0.39 is 0 Å². The molecular weight excluding hydrogens is 434 g/mol. The standard InChI is InChI=1S/C28H55N7/c1-29-26-4-12-31(13-5-26)17-18-32-19-21-34(22-20-32)27-8-14-33(15-9-27)23-25-3-16-35(24-25)28-6-10-30(2)11-7-28/h25-29H,3-24H2,1-2H3. The molecular formula is C28H55N7. The molecule has 0 aliphatic carbocycles. The minimum atomic E-state index is 0.748. The summed E-state index contributed by atoms with van der Waals surface area (Å²) in [5.74, 6) is 0.916.